The highest BCUT2D eigenvalue weighted by Gasteiger charge is 2.21. The van der Waals surface area contributed by atoms with Crippen LogP contribution in [0.15, 0.2) is 12.7 Å². The molecule has 0 saturated heterocycles. The highest BCUT2D eigenvalue weighted by molar-refractivity contribution is 4.93. The fourth-order valence-corrected chi connectivity index (χ4v) is 1.29. The van der Waals surface area contributed by atoms with Gasteiger partial charge in [-0.3, -0.25) is 0 Å². The Hall–Kier alpha value is -0.340. The van der Waals surface area contributed by atoms with Crippen molar-refractivity contribution in [3.63, 3.8) is 0 Å². The Bertz CT molecular complexity index is 205. The van der Waals surface area contributed by atoms with Crippen LogP contribution in [0.25, 0.3) is 0 Å². The summed E-state index contributed by atoms with van der Waals surface area (Å²) < 4.78 is 5.76. The van der Waals surface area contributed by atoms with Crippen LogP contribution in [-0.4, -0.2) is 24.8 Å². The summed E-state index contributed by atoms with van der Waals surface area (Å²) in [5.74, 6) is 0. The summed E-state index contributed by atoms with van der Waals surface area (Å²) in [5, 5.41) is 3.46. The first-order valence-electron chi connectivity index (χ1n) is 6.19. The first-order valence-corrected chi connectivity index (χ1v) is 6.19. The maximum absolute atomic E-state index is 5.76. The van der Waals surface area contributed by atoms with Crippen LogP contribution in [0.1, 0.15) is 48.0 Å². The van der Waals surface area contributed by atoms with E-state index in [0.29, 0.717) is 6.04 Å². The van der Waals surface area contributed by atoms with Crippen molar-refractivity contribution in [2.75, 3.05) is 13.2 Å². The maximum atomic E-state index is 5.76. The summed E-state index contributed by atoms with van der Waals surface area (Å²) in [6, 6.07) is 0.516. The molecular formula is C14H29NO. The molecule has 96 valence electrons. The van der Waals surface area contributed by atoms with Crippen LogP contribution in [0.3, 0.4) is 0 Å². The zero-order valence-corrected chi connectivity index (χ0v) is 11.9. The Balaban J connectivity index is 4.02. The van der Waals surface area contributed by atoms with Crippen LogP contribution in [-0.2, 0) is 4.74 Å². The van der Waals surface area contributed by atoms with Gasteiger partial charge in [-0.15, -0.1) is 6.58 Å². The number of nitrogens with one attached hydrogen (secondary N) is 1. The van der Waals surface area contributed by atoms with Crippen LogP contribution in [0, 0.1) is 5.41 Å². The van der Waals surface area contributed by atoms with E-state index in [1.807, 2.05) is 6.08 Å². The molecule has 0 amide bonds. The molecule has 0 heterocycles. The molecule has 1 atom stereocenters. The van der Waals surface area contributed by atoms with Gasteiger partial charge in [0.1, 0.15) is 0 Å². The zero-order valence-electron chi connectivity index (χ0n) is 11.9. The molecule has 0 aliphatic carbocycles. The molecule has 16 heavy (non-hydrogen) atoms. The van der Waals surface area contributed by atoms with Gasteiger partial charge in [0.15, 0.2) is 0 Å². The van der Waals surface area contributed by atoms with E-state index in [-0.39, 0.29) is 11.0 Å². The highest BCUT2D eigenvalue weighted by Crippen LogP contribution is 2.23. The predicted molar refractivity (Wildman–Crippen MR) is 71.8 cm³/mol. The van der Waals surface area contributed by atoms with Gasteiger partial charge in [0.25, 0.3) is 0 Å². The zero-order chi connectivity index (χ0) is 12.8. The van der Waals surface area contributed by atoms with E-state index in [4.69, 9.17) is 4.74 Å². The van der Waals surface area contributed by atoms with Crippen LogP contribution < -0.4 is 5.32 Å². The third-order valence-corrected chi connectivity index (χ3v) is 2.62. The second kappa shape index (κ2) is 6.41. The first-order chi connectivity index (χ1) is 7.18. The molecular weight excluding hydrogens is 198 g/mol. The largest absolute Gasteiger partial charge is 0.376 e. The Kier molecular flexibility index (Phi) is 6.27. The van der Waals surface area contributed by atoms with Crippen LogP contribution in [0.5, 0.6) is 0 Å². The normalized spacial score (nSPS) is 16.2. The van der Waals surface area contributed by atoms with E-state index in [1.165, 1.54) is 0 Å². The number of ether oxygens (including phenoxy) is 1. The monoisotopic (exact) mass is 227 g/mol. The van der Waals surface area contributed by atoms with Gasteiger partial charge in [-0.25, -0.2) is 0 Å². The van der Waals surface area contributed by atoms with Crippen molar-refractivity contribution in [3.8, 4) is 0 Å². The third kappa shape index (κ3) is 7.89. The van der Waals surface area contributed by atoms with Gasteiger partial charge in [0.2, 0.25) is 0 Å². The molecule has 0 aromatic rings. The van der Waals surface area contributed by atoms with E-state index in [1.54, 1.807) is 0 Å². The molecule has 1 N–H and O–H groups in total. The van der Waals surface area contributed by atoms with E-state index in [2.05, 4.69) is 53.4 Å². The highest BCUT2D eigenvalue weighted by atomic mass is 16.5. The van der Waals surface area contributed by atoms with Gasteiger partial charge < -0.3 is 10.1 Å². The molecule has 0 saturated carbocycles. The number of hydrogen-bond acceptors (Lipinski definition) is 2. The lowest BCUT2D eigenvalue weighted by Gasteiger charge is -2.29. The summed E-state index contributed by atoms with van der Waals surface area (Å²) in [7, 11) is 0. The molecule has 0 fully saturated rings. The van der Waals surface area contributed by atoms with Gasteiger partial charge >= 0.3 is 0 Å². The maximum Gasteiger partial charge on any atom is 0.0598 e. The standard InChI is InChI=1S/C14H29NO/c1-8-14(7,11-15-12(2)3)9-10-16-13(4,5)6/h8,12,15H,1,9-11H2,2-7H3. The quantitative estimate of drug-likeness (QED) is 0.673. The average Bonchev–Trinajstić information content (AvgIpc) is 2.13. The smallest absolute Gasteiger partial charge is 0.0598 e. The lowest BCUT2D eigenvalue weighted by molar-refractivity contribution is -0.0131. The molecule has 2 heteroatoms. The fourth-order valence-electron chi connectivity index (χ4n) is 1.29. The van der Waals surface area contributed by atoms with Crippen LogP contribution in [0.4, 0.5) is 0 Å². The van der Waals surface area contributed by atoms with Crippen molar-refractivity contribution in [3.05, 3.63) is 12.7 Å². The minimum absolute atomic E-state index is 0.0481. The van der Waals surface area contributed by atoms with E-state index >= 15 is 0 Å². The summed E-state index contributed by atoms with van der Waals surface area (Å²) in [5.41, 5.74) is 0.0725. The first kappa shape index (κ1) is 15.7. The molecule has 0 aromatic heterocycles. The molecule has 1 unspecified atom stereocenters. The molecule has 0 aliphatic rings. The molecule has 0 rings (SSSR count). The van der Waals surface area contributed by atoms with Gasteiger partial charge in [-0.05, 0) is 32.6 Å². The third-order valence-electron chi connectivity index (χ3n) is 2.62. The van der Waals surface area contributed by atoms with Gasteiger partial charge in [0.05, 0.1) is 5.60 Å². The molecule has 0 spiro atoms. The van der Waals surface area contributed by atoms with Crippen molar-refractivity contribution in [1.82, 2.24) is 5.32 Å². The van der Waals surface area contributed by atoms with E-state index in [9.17, 15) is 0 Å². The van der Waals surface area contributed by atoms with Crippen molar-refractivity contribution < 1.29 is 4.74 Å². The summed E-state index contributed by atoms with van der Waals surface area (Å²) >= 11 is 0. The molecule has 0 aliphatic heterocycles. The number of rotatable bonds is 7. The Labute approximate surface area is 101 Å². The topological polar surface area (TPSA) is 21.3 Å². The van der Waals surface area contributed by atoms with Crippen molar-refractivity contribution in [2.45, 2.75) is 59.6 Å². The second-order valence-corrected chi connectivity index (χ2v) is 6.10. The Morgan fingerprint density at radius 3 is 2.19 bits per heavy atom. The molecule has 0 bridgehead atoms. The van der Waals surface area contributed by atoms with Crippen molar-refractivity contribution >= 4 is 0 Å². The SMILES string of the molecule is C=CC(C)(CCOC(C)(C)C)CNC(C)C. The minimum atomic E-state index is -0.0481. The van der Waals surface area contributed by atoms with Crippen LogP contribution in [0.2, 0.25) is 0 Å². The second-order valence-electron chi connectivity index (χ2n) is 6.10. The molecule has 2 nitrogen and oxygen atoms in total. The van der Waals surface area contributed by atoms with E-state index < -0.39 is 0 Å². The Morgan fingerprint density at radius 1 is 1.25 bits per heavy atom. The molecule has 0 radical (unpaired) electrons. The minimum Gasteiger partial charge on any atom is -0.376 e. The van der Waals surface area contributed by atoms with Crippen molar-refractivity contribution in [2.24, 2.45) is 5.41 Å². The van der Waals surface area contributed by atoms with Crippen molar-refractivity contribution in [1.29, 1.82) is 0 Å². The fraction of sp³-hybridized carbons (Fsp3) is 0.857. The number of hydrogen-bond donors (Lipinski definition) is 1. The lowest BCUT2D eigenvalue weighted by atomic mass is 9.87. The van der Waals surface area contributed by atoms with Crippen LogP contribution >= 0.6 is 0 Å². The van der Waals surface area contributed by atoms with E-state index in [0.717, 1.165) is 19.6 Å². The Morgan fingerprint density at radius 2 is 1.81 bits per heavy atom. The summed E-state index contributed by atoms with van der Waals surface area (Å²) in [6.07, 6.45) is 3.04. The summed E-state index contributed by atoms with van der Waals surface area (Å²) in [4.78, 5) is 0. The average molecular weight is 227 g/mol. The van der Waals surface area contributed by atoms with Gasteiger partial charge in [0, 0.05) is 19.2 Å². The van der Waals surface area contributed by atoms with Gasteiger partial charge in [-0.1, -0.05) is 26.8 Å². The molecule has 0 aromatic carbocycles. The van der Waals surface area contributed by atoms with Gasteiger partial charge in [-0.2, -0.15) is 0 Å². The summed E-state index contributed by atoms with van der Waals surface area (Å²) in [6.45, 7) is 18.5. The predicted octanol–water partition coefficient (Wildman–Crippen LogP) is 3.38. The lowest BCUT2D eigenvalue weighted by Crippen LogP contribution is -2.35.